The van der Waals surface area contributed by atoms with E-state index < -0.39 is 0 Å². The molecule has 3 N–H and O–H groups in total. The molecule has 0 spiro atoms. The number of aliphatic imine (C=N–C) groups is 2. The average molecular weight is 419 g/mol. The first-order valence-electron chi connectivity index (χ1n) is 9.81. The molecule has 1 heterocycles. The Hall–Kier alpha value is -2.22. The van der Waals surface area contributed by atoms with Gasteiger partial charge in [-0.25, -0.2) is 4.99 Å². The zero-order chi connectivity index (χ0) is 21.1. The van der Waals surface area contributed by atoms with Crippen molar-refractivity contribution in [1.29, 1.82) is 5.41 Å². The number of allylic oxidation sites excluding steroid dienone is 1. The van der Waals surface area contributed by atoms with Crippen LogP contribution in [0.2, 0.25) is 5.02 Å². The summed E-state index contributed by atoms with van der Waals surface area (Å²) in [6.45, 7) is 9.01. The molecule has 0 amide bonds. The Morgan fingerprint density at radius 2 is 2.31 bits per heavy atom. The van der Waals surface area contributed by atoms with Gasteiger partial charge in [0.1, 0.15) is 5.82 Å². The standard InChI is InChI=1S/C21H31ClN6O/c1-16(27-15-24-2)12-21(25-3)28-10-5-11-29-14-20(28)18-7-6-17(13-19(18)22)26-9-4-8-23/h6-8,12-13,20,23-24,26H,3-5,9-11,14-15H2,1-2H3/b21-12+,23-8?,27-16-. The van der Waals surface area contributed by atoms with Crippen LogP contribution >= 0.6 is 11.6 Å². The minimum absolute atomic E-state index is 0.0607. The highest BCUT2D eigenvalue weighted by Crippen LogP contribution is 2.34. The fourth-order valence-electron chi connectivity index (χ4n) is 3.16. The van der Waals surface area contributed by atoms with E-state index in [9.17, 15) is 0 Å². The molecule has 29 heavy (non-hydrogen) atoms. The van der Waals surface area contributed by atoms with Crippen LogP contribution < -0.4 is 10.6 Å². The van der Waals surface area contributed by atoms with Gasteiger partial charge in [-0.15, -0.1) is 0 Å². The summed E-state index contributed by atoms with van der Waals surface area (Å²) in [6.07, 6.45) is 4.92. The second-order valence-electron chi connectivity index (χ2n) is 6.77. The van der Waals surface area contributed by atoms with Gasteiger partial charge < -0.3 is 25.7 Å². The van der Waals surface area contributed by atoms with Gasteiger partial charge >= 0.3 is 0 Å². The van der Waals surface area contributed by atoms with Crippen molar-refractivity contribution >= 4 is 35.9 Å². The molecule has 0 radical (unpaired) electrons. The molecule has 158 valence electrons. The largest absolute Gasteiger partial charge is 0.385 e. The van der Waals surface area contributed by atoms with Gasteiger partial charge in [0.05, 0.1) is 19.3 Å². The van der Waals surface area contributed by atoms with Crippen molar-refractivity contribution in [2.24, 2.45) is 9.98 Å². The third kappa shape index (κ3) is 6.96. The highest BCUT2D eigenvalue weighted by Gasteiger charge is 2.26. The molecule has 0 aromatic heterocycles. The highest BCUT2D eigenvalue weighted by atomic mass is 35.5. The van der Waals surface area contributed by atoms with Crippen LogP contribution in [0.5, 0.6) is 0 Å². The van der Waals surface area contributed by atoms with Crippen LogP contribution in [0.1, 0.15) is 31.4 Å². The van der Waals surface area contributed by atoms with Gasteiger partial charge in [0.2, 0.25) is 0 Å². The maximum Gasteiger partial charge on any atom is 0.130 e. The molecule has 1 aliphatic heterocycles. The molecule has 1 aromatic rings. The third-order valence-electron chi connectivity index (χ3n) is 4.60. The minimum atomic E-state index is -0.0607. The molecule has 1 fully saturated rings. The molecule has 1 aromatic carbocycles. The Morgan fingerprint density at radius 1 is 1.48 bits per heavy atom. The lowest BCUT2D eigenvalue weighted by atomic mass is 10.0. The van der Waals surface area contributed by atoms with Crippen LogP contribution in [0.3, 0.4) is 0 Å². The van der Waals surface area contributed by atoms with Crippen LogP contribution in [0, 0.1) is 5.41 Å². The van der Waals surface area contributed by atoms with E-state index in [4.69, 9.17) is 21.7 Å². The first-order chi connectivity index (χ1) is 14.1. The number of anilines is 1. The summed E-state index contributed by atoms with van der Waals surface area (Å²) in [5.74, 6) is 0.766. The van der Waals surface area contributed by atoms with Crippen molar-refractivity contribution in [3.63, 3.8) is 0 Å². The molecule has 0 bridgehead atoms. The molecule has 8 heteroatoms. The van der Waals surface area contributed by atoms with Crippen LogP contribution in [-0.2, 0) is 4.74 Å². The van der Waals surface area contributed by atoms with Crippen molar-refractivity contribution in [2.75, 3.05) is 45.3 Å². The summed E-state index contributed by atoms with van der Waals surface area (Å²) in [6, 6.07) is 5.91. The summed E-state index contributed by atoms with van der Waals surface area (Å²) in [5, 5.41) is 14.1. The number of nitrogens with zero attached hydrogens (tertiary/aromatic N) is 3. The Bertz CT molecular complexity index is 749. The van der Waals surface area contributed by atoms with Gasteiger partial charge in [0.25, 0.3) is 0 Å². The van der Waals surface area contributed by atoms with Crippen molar-refractivity contribution < 1.29 is 4.74 Å². The zero-order valence-electron chi connectivity index (χ0n) is 17.2. The molecular weight excluding hydrogens is 388 g/mol. The smallest absolute Gasteiger partial charge is 0.130 e. The van der Waals surface area contributed by atoms with Crippen molar-refractivity contribution in [1.82, 2.24) is 10.2 Å². The molecule has 1 saturated heterocycles. The second kappa shape index (κ2) is 12.4. The fourth-order valence-corrected chi connectivity index (χ4v) is 3.47. The molecule has 2 rings (SSSR count). The molecule has 1 aliphatic rings. The number of benzene rings is 1. The van der Waals surface area contributed by atoms with E-state index in [1.54, 1.807) is 0 Å². The lowest BCUT2D eigenvalue weighted by Gasteiger charge is -2.32. The van der Waals surface area contributed by atoms with Crippen molar-refractivity contribution in [3.8, 4) is 0 Å². The van der Waals surface area contributed by atoms with E-state index >= 15 is 0 Å². The van der Waals surface area contributed by atoms with E-state index in [1.807, 2.05) is 38.2 Å². The van der Waals surface area contributed by atoms with Gasteiger partial charge in [-0.3, -0.25) is 4.99 Å². The fraction of sp³-hybridized carbons (Fsp3) is 0.476. The Morgan fingerprint density at radius 3 is 3.00 bits per heavy atom. The number of nitrogens with one attached hydrogen (secondary N) is 3. The van der Waals surface area contributed by atoms with E-state index in [2.05, 4.69) is 32.2 Å². The average Bonchev–Trinajstić information content (AvgIpc) is 2.97. The normalized spacial score (nSPS) is 18.3. The van der Waals surface area contributed by atoms with Gasteiger partial charge in [-0.05, 0) is 57.4 Å². The second-order valence-corrected chi connectivity index (χ2v) is 7.17. The number of hydrogen-bond acceptors (Lipinski definition) is 7. The molecule has 1 atom stereocenters. The predicted octanol–water partition coefficient (Wildman–Crippen LogP) is 3.73. The van der Waals surface area contributed by atoms with Gasteiger partial charge in [-0.1, -0.05) is 17.7 Å². The first-order valence-corrected chi connectivity index (χ1v) is 10.2. The Labute approximate surface area is 178 Å². The summed E-state index contributed by atoms with van der Waals surface area (Å²) >= 11 is 6.65. The molecule has 0 aliphatic carbocycles. The Balaban J connectivity index is 2.30. The maximum absolute atomic E-state index is 7.12. The van der Waals surface area contributed by atoms with Crippen LogP contribution in [0.25, 0.3) is 0 Å². The topological polar surface area (TPSA) is 85.1 Å². The van der Waals surface area contributed by atoms with Crippen molar-refractivity contribution in [2.45, 2.75) is 25.8 Å². The molecular formula is C21H31ClN6O. The number of hydrogen-bond donors (Lipinski definition) is 3. The van der Waals surface area contributed by atoms with Gasteiger partial charge in [-0.2, -0.15) is 0 Å². The lowest BCUT2D eigenvalue weighted by molar-refractivity contribution is 0.111. The summed E-state index contributed by atoms with van der Waals surface area (Å²) < 4.78 is 5.85. The summed E-state index contributed by atoms with van der Waals surface area (Å²) in [7, 11) is 1.86. The Kier molecular flexibility index (Phi) is 9.83. The molecule has 0 saturated carbocycles. The molecule has 7 nitrogen and oxygen atoms in total. The SMILES string of the molecule is C=N/C(=C\C(C)=N/CNC)N1CCCOCC1c1ccc(NCCC=N)cc1Cl. The zero-order valence-corrected chi connectivity index (χ0v) is 18.0. The molecule has 1 unspecified atom stereocenters. The van der Waals surface area contributed by atoms with Gasteiger partial charge in [0, 0.05) is 42.2 Å². The monoisotopic (exact) mass is 418 g/mol. The predicted molar refractivity (Wildman–Crippen MR) is 123 cm³/mol. The minimum Gasteiger partial charge on any atom is -0.385 e. The lowest BCUT2D eigenvalue weighted by Crippen LogP contribution is -2.30. The summed E-state index contributed by atoms with van der Waals surface area (Å²) in [4.78, 5) is 10.9. The highest BCUT2D eigenvalue weighted by molar-refractivity contribution is 6.31. The van der Waals surface area contributed by atoms with Gasteiger partial charge in [0.15, 0.2) is 0 Å². The van der Waals surface area contributed by atoms with Crippen LogP contribution in [-0.4, -0.2) is 63.6 Å². The first kappa shape index (κ1) is 23.1. The van der Waals surface area contributed by atoms with Crippen LogP contribution in [0.15, 0.2) is 40.1 Å². The summed E-state index contributed by atoms with van der Waals surface area (Å²) in [5.41, 5.74) is 2.81. The van der Waals surface area contributed by atoms with E-state index in [0.717, 1.165) is 35.7 Å². The quantitative estimate of drug-likeness (QED) is 0.399. The van der Waals surface area contributed by atoms with Crippen molar-refractivity contribution in [3.05, 3.63) is 40.7 Å². The van der Waals surface area contributed by atoms with E-state index in [-0.39, 0.29) is 6.04 Å². The number of rotatable bonds is 10. The number of halogens is 1. The van der Waals surface area contributed by atoms with Crippen LogP contribution in [0.4, 0.5) is 5.69 Å². The van der Waals surface area contributed by atoms with E-state index in [0.29, 0.717) is 37.9 Å². The number of ether oxygens (including phenoxy) is 1. The third-order valence-corrected chi connectivity index (χ3v) is 4.93. The van der Waals surface area contributed by atoms with E-state index in [1.165, 1.54) is 6.21 Å². The maximum atomic E-state index is 7.12.